The molecule has 0 spiro atoms. The molecule has 0 saturated carbocycles. The maximum absolute atomic E-state index is 12.8. The number of hydrogen-bond donors (Lipinski definition) is 1. The highest BCUT2D eigenvalue weighted by molar-refractivity contribution is 6.31. The number of rotatable bonds is 5. The Morgan fingerprint density at radius 2 is 2.17 bits per heavy atom. The number of anilines is 2. The lowest BCUT2D eigenvalue weighted by Crippen LogP contribution is -2.41. The number of carbonyl (C=O) groups excluding carboxylic acids is 1. The third-order valence-corrected chi connectivity index (χ3v) is 5.19. The third-order valence-electron chi connectivity index (χ3n) is 4.96. The molecule has 1 amide bonds. The van der Waals surface area contributed by atoms with Crippen molar-refractivity contribution in [1.29, 1.82) is 0 Å². The van der Waals surface area contributed by atoms with Crippen molar-refractivity contribution in [2.75, 3.05) is 30.4 Å². The molecule has 1 saturated heterocycles. The van der Waals surface area contributed by atoms with Gasteiger partial charge in [0.1, 0.15) is 11.4 Å². The molecule has 0 radical (unpaired) electrons. The number of carbonyl (C=O) groups is 1. The van der Waals surface area contributed by atoms with E-state index in [1.54, 1.807) is 31.6 Å². The van der Waals surface area contributed by atoms with E-state index in [9.17, 15) is 4.79 Å². The van der Waals surface area contributed by atoms with Crippen molar-refractivity contribution in [3.05, 3.63) is 53.8 Å². The zero-order valence-corrected chi connectivity index (χ0v) is 16.7. The second kappa shape index (κ2) is 8.53. The van der Waals surface area contributed by atoms with Gasteiger partial charge < -0.3 is 19.4 Å². The van der Waals surface area contributed by atoms with Crippen LogP contribution in [0.2, 0.25) is 5.02 Å². The van der Waals surface area contributed by atoms with Gasteiger partial charge in [-0.2, -0.15) is 0 Å². The average Bonchev–Trinajstić information content (AvgIpc) is 3.29. The first-order valence-electron chi connectivity index (χ1n) is 9.41. The van der Waals surface area contributed by atoms with E-state index < -0.39 is 0 Å². The van der Waals surface area contributed by atoms with Gasteiger partial charge in [-0.25, -0.2) is 0 Å². The molecular formula is C21H21ClN4O3. The molecular weight excluding hydrogens is 392 g/mol. The van der Waals surface area contributed by atoms with Gasteiger partial charge in [-0.1, -0.05) is 11.6 Å². The molecule has 3 aromatic rings. The fraction of sp³-hybridized carbons (Fsp3) is 0.286. The van der Waals surface area contributed by atoms with E-state index in [1.807, 2.05) is 24.3 Å². The number of piperidine rings is 1. The highest BCUT2D eigenvalue weighted by Gasteiger charge is 2.27. The zero-order chi connectivity index (χ0) is 20.2. The topological polar surface area (TPSA) is 80.5 Å². The fourth-order valence-corrected chi connectivity index (χ4v) is 3.63. The molecule has 1 fully saturated rings. The van der Waals surface area contributed by atoms with E-state index in [1.165, 1.54) is 0 Å². The van der Waals surface area contributed by atoms with Gasteiger partial charge in [0.2, 0.25) is 5.91 Å². The Bertz CT molecular complexity index is 976. The molecule has 8 heteroatoms. The number of halogens is 1. The van der Waals surface area contributed by atoms with Gasteiger partial charge in [-0.05, 0) is 55.3 Å². The summed E-state index contributed by atoms with van der Waals surface area (Å²) in [4.78, 5) is 14.9. The summed E-state index contributed by atoms with van der Waals surface area (Å²) in [5.74, 6) is 1.78. The molecule has 1 aliphatic rings. The summed E-state index contributed by atoms with van der Waals surface area (Å²) in [5.41, 5.74) is 1.25. The highest BCUT2D eigenvalue weighted by Crippen LogP contribution is 2.29. The lowest BCUT2D eigenvalue weighted by Gasteiger charge is -2.32. The van der Waals surface area contributed by atoms with Gasteiger partial charge in [0.05, 0.1) is 25.0 Å². The van der Waals surface area contributed by atoms with Gasteiger partial charge in [0.15, 0.2) is 11.6 Å². The smallest absolute Gasteiger partial charge is 0.229 e. The monoisotopic (exact) mass is 412 g/mol. The van der Waals surface area contributed by atoms with Crippen molar-refractivity contribution in [2.24, 2.45) is 5.92 Å². The molecule has 29 heavy (non-hydrogen) atoms. The van der Waals surface area contributed by atoms with Crippen molar-refractivity contribution in [3.8, 4) is 17.2 Å². The van der Waals surface area contributed by atoms with E-state index in [0.717, 1.165) is 25.2 Å². The number of methoxy groups -OCH3 is 1. The predicted molar refractivity (Wildman–Crippen MR) is 111 cm³/mol. The Hall–Kier alpha value is -3.06. The van der Waals surface area contributed by atoms with Gasteiger partial charge >= 0.3 is 0 Å². The molecule has 0 bridgehead atoms. The fourth-order valence-electron chi connectivity index (χ4n) is 3.46. The van der Waals surface area contributed by atoms with Crippen LogP contribution in [0.25, 0.3) is 11.5 Å². The summed E-state index contributed by atoms with van der Waals surface area (Å²) < 4.78 is 10.7. The number of nitrogens with one attached hydrogen (secondary N) is 1. The number of benzene rings is 1. The van der Waals surface area contributed by atoms with Gasteiger partial charge in [0, 0.05) is 18.1 Å². The Kier molecular flexibility index (Phi) is 5.67. The second-order valence-electron chi connectivity index (χ2n) is 6.87. The van der Waals surface area contributed by atoms with Crippen LogP contribution in [0.4, 0.5) is 11.5 Å². The summed E-state index contributed by atoms with van der Waals surface area (Å²) in [5, 5.41) is 12.1. The average molecular weight is 413 g/mol. The van der Waals surface area contributed by atoms with E-state index in [0.29, 0.717) is 34.5 Å². The Labute approximate surface area is 173 Å². The molecule has 7 nitrogen and oxygen atoms in total. The van der Waals surface area contributed by atoms with E-state index in [-0.39, 0.29) is 11.8 Å². The lowest BCUT2D eigenvalue weighted by molar-refractivity contribution is -0.120. The molecule has 150 valence electrons. The van der Waals surface area contributed by atoms with E-state index in [4.69, 9.17) is 20.8 Å². The predicted octanol–water partition coefficient (Wildman–Crippen LogP) is 4.25. The summed E-state index contributed by atoms with van der Waals surface area (Å²) >= 11 is 6.06. The molecule has 0 aliphatic carbocycles. The highest BCUT2D eigenvalue weighted by atomic mass is 35.5. The maximum atomic E-state index is 12.8. The molecule has 1 aromatic carbocycles. The standard InChI is InChI=1S/C21H21ClN4O3/c1-28-18-8-6-15(22)12-17(18)23-21(27)14-4-2-10-26(13-14)20-9-7-16(24-25-20)19-5-3-11-29-19/h3,5-9,11-12,14H,2,4,10,13H2,1H3,(H,23,27)/t14-/m1/s1. The van der Waals surface area contributed by atoms with Crippen LogP contribution in [0.3, 0.4) is 0 Å². The quantitative estimate of drug-likeness (QED) is 0.674. The van der Waals surface area contributed by atoms with Crippen molar-refractivity contribution in [2.45, 2.75) is 12.8 Å². The van der Waals surface area contributed by atoms with Gasteiger partial charge in [-0.15, -0.1) is 10.2 Å². The minimum Gasteiger partial charge on any atom is -0.495 e. The number of hydrogen-bond acceptors (Lipinski definition) is 6. The number of amides is 1. The van der Waals surface area contributed by atoms with Gasteiger partial charge in [-0.3, -0.25) is 4.79 Å². The zero-order valence-electron chi connectivity index (χ0n) is 16.0. The van der Waals surface area contributed by atoms with Crippen LogP contribution in [0.15, 0.2) is 53.1 Å². The van der Waals surface area contributed by atoms with Crippen LogP contribution >= 0.6 is 11.6 Å². The summed E-state index contributed by atoms with van der Waals surface area (Å²) in [7, 11) is 1.56. The lowest BCUT2D eigenvalue weighted by atomic mass is 9.97. The summed E-state index contributed by atoms with van der Waals surface area (Å²) in [6.45, 7) is 1.41. The van der Waals surface area contributed by atoms with Crippen LogP contribution in [0.5, 0.6) is 5.75 Å². The van der Waals surface area contributed by atoms with Crippen LogP contribution in [0.1, 0.15) is 12.8 Å². The maximum Gasteiger partial charge on any atom is 0.229 e. The van der Waals surface area contributed by atoms with Crippen LogP contribution in [-0.2, 0) is 4.79 Å². The number of furan rings is 1. The summed E-state index contributed by atoms with van der Waals surface area (Å²) in [6.07, 6.45) is 3.31. The number of ether oxygens (including phenoxy) is 1. The second-order valence-corrected chi connectivity index (χ2v) is 7.31. The number of nitrogens with zero attached hydrogens (tertiary/aromatic N) is 3. The Morgan fingerprint density at radius 3 is 2.90 bits per heavy atom. The van der Waals surface area contributed by atoms with Crippen molar-refractivity contribution in [1.82, 2.24) is 10.2 Å². The molecule has 1 atom stereocenters. The van der Waals surface area contributed by atoms with Crippen LogP contribution < -0.4 is 15.0 Å². The first-order chi connectivity index (χ1) is 14.1. The Morgan fingerprint density at radius 1 is 1.28 bits per heavy atom. The summed E-state index contributed by atoms with van der Waals surface area (Å²) in [6, 6.07) is 12.6. The van der Waals surface area contributed by atoms with Crippen LogP contribution in [-0.4, -0.2) is 36.3 Å². The minimum atomic E-state index is -0.168. The molecule has 4 rings (SSSR count). The van der Waals surface area contributed by atoms with Gasteiger partial charge in [0.25, 0.3) is 0 Å². The van der Waals surface area contributed by atoms with E-state index in [2.05, 4.69) is 20.4 Å². The van der Waals surface area contributed by atoms with Crippen LogP contribution in [0, 0.1) is 5.92 Å². The SMILES string of the molecule is COc1ccc(Cl)cc1NC(=O)[C@@H]1CCCN(c2ccc(-c3ccco3)nn2)C1. The Balaban J connectivity index is 1.44. The molecule has 1 N–H and O–H groups in total. The van der Waals surface area contributed by atoms with Crippen molar-refractivity contribution >= 4 is 29.0 Å². The third kappa shape index (κ3) is 4.35. The minimum absolute atomic E-state index is 0.0598. The van der Waals surface area contributed by atoms with Crippen molar-refractivity contribution < 1.29 is 13.9 Å². The van der Waals surface area contributed by atoms with E-state index >= 15 is 0 Å². The normalized spacial score (nSPS) is 16.5. The molecule has 1 aliphatic heterocycles. The number of aromatic nitrogens is 2. The first-order valence-corrected chi connectivity index (χ1v) is 9.79. The molecule has 3 heterocycles. The largest absolute Gasteiger partial charge is 0.495 e. The van der Waals surface area contributed by atoms with Crippen molar-refractivity contribution in [3.63, 3.8) is 0 Å². The first kappa shape index (κ1) is 19.3. The molecule has 0 unspecified atom stereocenters. The molecule has 2 aromatic heterocycles.